The summed E-state index contributed by atoms with van der Waals surface area (Å²) in [6.45, 7) is 11.9. The Hall–Kier alpha value is -1.90. The van der Waals surface area contributed by atoms with Crippen LogP contribution in [0.2, 0.25) is 0 Å². The van der Waals surface area contributed by atoms with E-state index in [1.165, 1.54) is 32.1 Å². The normalized spacial score (nSPS) is 46.3. The zero-order chi connectivity index (χ0) is 25.0. The average Bonchev–Trinajstić information content (AvgIpc) is 3.44. The summed E-state index contributed by atoms with van der Waals surface area (Å²) < 4.78 is 0. The lowest BCUT2D eigenvalue weighted by Gasteiger charge is -2.63. The van der Waals surface area contributed by atoms with Crippen LogP contribution >= 0.6 is 0 Å². The van der Waals surface area contributed by atoms with Crippen LogP contribution in [0, 0.1) is 38.9 Å². The molecule has 1 aromatic rings. The summed E-state index contributed by atoms with van der Waals surface area (Å²) in [4.78, 5) is 28.6. The van der Waals surface area contributed by atoms with Gasteiger partial charge in [-0.25, -0.2) is 0 Å². The van der Waals surface area contributed by atoms with E-state index < -0.39 is 0 Å². The molecule has 0 heterocycles. The first kappa shape index (κ1) is 23.5. The Morgan fingerprint density at radius 1 is 0.943 bits per heavy atom. The first-order valence-corrected chi connectivity index (χ1v) is 14.0. The lowest BCUT2D eigenvalue weighted by atomic mass is 9.42. The smallest absolute Gasteiger partial charge is 0.253 e. The van der Waals surface area contributed by atoms with E-state index in [1.807, 2.05) is 37.4 Å². The van der Waals surface area contributed by atoms with Gasteiger partial charge in [-0.3, -0.25) is 9.59 Å². The number of nitrogens with zero attached hydrogens (tertiary/aromatic N) is 1. The summed E-state index contributed by atoms with van der Waals surface area (Å²) in [5.41, 5.74) is 2.98. The van der Waals surface area contributed by atoms with Crippen LogP contribution in [0.3, 0.4) is 0 Å². The molecule has 0 radical (unpaired) electrons. The summed E-state index contributed by atoms with van der Waals surface area (Å²) >= 11 is 0. The summed E-state index contributed by atoms with van der Waals surface area (Å²) in [6, 6.07) is 10.1. The van der Waals surface area contributed by atoms with Crippen molar-refractivity contribution in [1.82, 2.24) is 4.90 Å². The first-order valence-electron chi connectivity index (χ1n) is 14.0. The van der Waals surface area contributed by atoms with E-state index >= 15 is 0 Å². The standard InChI is InChI=1S/C32H43NO2/c1-7-22-23(34)19-30(5)25-14-13-24-28(2,3)26(33(6)27(35)21-11-9-8-10-12-21)15-16-31(24)20-32(25,31)18-17-29(22,30)4/h7-12,24-26H,13-20H2,1-6H3. The second kappa shape index (κ2) is 7.11. The monoisotopic (exact) mass is 473 g/mol. The molecular formula is C32H43NO2. The van der Waals surface area contributed by atoms with Crippen molar-refractivity contribution in [2.45, 2.75) is 92.0 Å². The van der Waals surface area contributed by atoms with Crippen molar-refractivity contribution < 1.29 is 9.59 Å². The minimum atomic E-state index is 0.0421. The van der Waals surface area contributed by atoms with Gasteiger partial charge in [0.15, 0.2) is 5.78 Å². The van der Waals surface area contributed by atoms with Gasteiger partial charge in [0.1, 0.15) is 0 Å². The van der Waals surface area contributed by atoms with Gasteiger partial charge in [0.25, 0.3) is 5.91 Å². The van der Waals surface area contributed by atoms with Gasteiger partial charge in [0, 0.05) is 30.5 Å². The van der Waals surface area contributed by atoms with E-state index in [4.69, 9.17) is 0 Å². The van der Waals surface area contributed by atoms with Crippen LogP contribution in [0.4, 0.5) is 0 Å². The average molecular weight is 474 g/mol. The number of rotatable bonds is 2. The minimum absolute atomic E-state index is 0.0421. The molecule has 3 heteroatoms. The van der Waals surface area contributed by atoms with E-state index in [1.54, 1.807) is 0 Å². The van der Waals surface area contributed by atoms with Gasteiger partial charge in [-0.2, -0.15) is 0 Å². The van der Waals surface area contributed by atoms with Crippen molar-refractivity contribution >= 4 is 11.7 Å². The van der Waals surface area contributed by atoms with Crippen molar-refractivity contribution in [3.63, 3.8) is 0 Å². The maximum absolute atomic E-state index is 13.4. The summed E-state index contributed by atoms with van der Waals surface area (Å²) in [7, 11) is 2.03. The molecule has 7 atom stereocenters. The molecule has 0 N–H and O–H groups in total. The maximum atomic E-state index is 13.4. The summed E-state index contributed by atoms with van der Waals surface area (Å²) in [5.74, 6) is 1.88. The van der Waals surface area contributed by atoms with Gasteiger partial charge in [-0.05, 0) is 103 Å². The maximum Gasteiger partial charge on any atom is 0.253 e. The highest BCUT2D eigenvalue weighted by molar-refractivity contribution is 6.00. The van der Waals surface area contributed by atoms with E-state index in [-0.39, 0.29) is 28.2 Å². The van der Waals surface area contributed by atoms with Gasteiger partial charge in [-0.1, -0.05) is 52.0 Å². The zero-order valence-corrected chi connectivity index (χ0v) is 22.6. The number of carbonyl (C=O) groups is 2. The molecule has 35 heavy (non-hydrogen) atoms. The molecule has 0 aliphatic heterocycles. The lowest BCUT2D eigenvalue weighted by molar-refractivity contribution is -0.135. The molecule has 5 aliphatic carbocycles. The molecule has 1 amide bonds. The van der Waals surface area contributed by atoms with Crippen LogP contribution in [0.1, 0.15) is 96.3 Å². The second-order valence-corrected chi connectivity index (χ2v) is 13.9. The fourth-order valence-corrected chi connectivity index (χ4v) is 11.1. The molecule has 7 unspecified atom stereocenters. The Morgan fingerprint density at radius 3 is 2.29 bits per heavy atom. The van der Waals surface area contributed by atoms with Crippen molar-refractivity contribution in [3.05, 3.63) is 47.5 Å². The predicted molar refractivity (Wildman–Crippen MR) is 140 cm³/mol. The topological polar surface area (TPSA) is 37.4 Å². The van der Waals surface area contributed by atoms with Crippen LogP contribution in [0.25, 0.3) is 0 Å². The lowest BCUT2D eigenvalue weighted by Crippen LogP contribution is -2.59. The Bertz CT molecular complexity index is 1120. The van der Waals surface area contributed by atoms with Crippen molar-refractivity contribution in [2.75, 3.05) is 7.05 Å². The second-order valence-electron chi connectivity index (χ2n) is 13.9. The Kier molecular flexibility index (Phi) is 4.77. The SMILES string of the molecule is CC=C1C(=O)CC2(C)C3CCC4C(C)(C)C(N(C)C(=O)c5ccccc5)CCC45CC35CCC12C. The number of allylic oxidation sites excluding steroid dienone is 2. The Balaban J connectivity index is 1.31. The fraction of sp³-hybridized carbons (Fsp3) is 0.688. The third kappa shape index (κ3) is 2.63. The fourth-order valence-electron chi connectivity index (χ4n) is 11.1. The molecule has 188 valence electrons. The molecule has 3 nitrogen and oxygen atoms in total. The molecule has 0 bridgehead atoms. The van der Waals surface area contributed by atoms with E-state index in [9.17, 15) is 9.59 Å². The number of hydrogen-bond acceptors (Lipinski definition) is 2. The van der Waals surface area contributed by atoms with Crippen molar-refractivity contribution in [2.24, 2.45) is 38.9 Å². The van der Waals surface area contributed by atoms with Crippen LogP contribution in [-0.2, 0) is 4.79 Å². The zero-order valence-electron chi connectivity index (χ0n) is 22.6. The number of benzene rings is 1. The third-order valence-electron chi connectivity index (χ3n) is 12.8. The predicted octanol–water partition coefficient (Wildman–Crippen LogP) is 7.08. The minimum Gasteiger partial charge on any atom is -0.338 e. The third-order valence-corrected chi connectivity index (χ3v) is 12.8. The van der Waals surface area contributed by atoms with Gasteiger partial charge in [-0.15, -0.1) is 0 Å². The van der Waals surface area contributed by atoms with Gasteiger partial charge in [0.05, 0.1) is 0 Å². The number of hydrogen-bond donors (Lipinski definition) is 0. The highest BCUT2D eigenvalue weighted by Crippen LogP contribution is 2.88. The number of Topliss-reactive ketones (excluding diaryl/α,β-unsaturated/α-hetero) is 1. The van der Waals surface area contributed by atoms with Crippen LogP contribution in [0.5, 0.6) is 0 Å². The number of fused-ring (bicyclic) bond motifs is 2. The highest BCUT2D eigenvalue weighted by Gasteiger charge is 2.82. The van der Waals surface area contributed by atoms with Crippen LogP contribution in [-0.4, -0.2) is 29.7 Å². The van der Waals surface area contributed by atoms with Crippen LogP contribution in [0.15, 0.2) is 42.0 Å². The van der Waals surface area contributed by atoms with Crippen LogP contribution < -0.4 is 0 Å². The van der Waals surface area contributed by atoms with Crippen molar-refractivity contribution in [3.8, 4) is 0 Å². The highest BCUT2D eigenvalue weighted by atomic mass is 16.2. The number of ketones is 1. The van der Waals surface area contributed by atoms with Gasteiger partial charge in [0.2, 0.25) is 0 Å². The van der Waals surface area contributed by atoms with Crippen molar-refractivity contribution in [1.29, 1.82) is 0 Å². The molecule has 5 fully saturated rings. The molecule has 6 rings (SSSR count). The van der Waals surface area contributed by atoms with Gasteiger partial charge >= 0.3 is 0 Å². The van der Waals surface area contributed by atoms with E-state index in [0.717, 1.165) is 30.4 Å². The number of amides is 1. The molecule has 1 aromatic carbocycles. The van der Waals surface area contributed by atoms with E-state index in [2.05, 4.69) is 45.6 Å². The van der Waals surface area contributed by atoms with Gasteiger partial charge < -0.3 is 4.90 Å². The number of carbonyl (C=O) groups excluding carboxylic acids is 2. The summed E-state index contributed by atoms with van der Waals surface area (Å²) in [6.07, 6.45) is 11.5. The summed E-state index contributed by atoms with van der Waals surface area (Å²) in [5, 5.41) is 0. The molecule has 5 saturated carbocycles. The van der Waals surface area contributed by atoms with E-state index in [0.29, 0.717) is 28.4 Å². The Labute approximate surface area is 211 Å². The molecular weight excluding hydrogens is 430 g/mol. The molecule has 2 spiro atoms. The quantitative estimate of drug-likeness (QED) is 0.431. The molecule has 0 saturated heterocycles. The Morgan fingerprint density at radius 2 is 1.60 bits per heavy atom. The largest absolute Gasteiger partial charge is 0.338 e. The first-order chi connectivity index (χ1) is 16.5. The molecule has 0 aromatic heterocycles. The molecule has 5 aliphatic rings.